The molecule has 0 saturated heterocycles. The van der Waals surface area contributed by atoms with E-state index in [1.54, 1.807) is 0 Å². The number of hydrogen-bond acceptors (Lipinski definition) is 0. The minimum Gasteiger partial charge on any atom is -0.120 e. The van der Waals surface area contributed by atoms with E-state index in [1.165, 1.54) is 5.92 Å². The molecule has 0 saturated carbocycles. The molecule has 0 atom stereocenters. The molecule has 0 heterocycles. The summed E-state index contributed by atoms with van der Waals surface area (Å²) in [5, 5.41) is 0. The Morgan fingerprint density at radius 2 is 1.75 bits per heavy atom. The number of hydrogen-bond donors (Lipinski definition) is 0. The Bertz CT molecular complexity index is 102. The molecule has 45 valence electrons. The summed E-state index contributed by atoms with van der Waals surface area (Å²) in [4.78, 5) is 0. The standard InChI is InChI=1S/C8H13/c1-6-8(4,5)7(2)3/h1H,2-5H3. The molecule has 0 bridgehead atoms. The van der Waals surface area contributed by atoms with Gasteiger partial charge in [-0.3, -0.25) is 0 Å². The molecule has 0 spiro atoms. The average Bonchev–Trinajstić information content (AvgIpc) is 1.67. The van der Waals surface area contributed by atoms with E-state index in [2.05, 4.69) is 19.8 Å². The topological polar surface area (TPSA) is 0 Å². The van der Waals surface area contributed by atoms with Crippen LogP contribution in [0.15, 0.2) is 0 Å². The third-order valence-corrected chi connectivity index (χ3v) is 1.61. The van der Waals surface area contributed by atoms with Crippen molar-refractivity contribution in [2.24, 2.45) is 5.41 Å². The van der Waals surface area contributed by atoms with Crippen LogP contribution < -0.4 is 0 Å². The van der Waals surface area contributed by atoms with E-state index in [4.69, 9.17) is 6.42 Å². The van der Waals surface area contributed by atoms with Crippen molar-refractivity contribution in [1.82, 2.24) is 0 Å². The molecule has 0 rings (SSSR count). The quantitative estimate of drug-likeness (QED) is 0.453. The Kier molecular flexibility index (Phi) is 2.10. The van der Waals surface area contributed by atoms with Crippen molar-refractivity contribution in [3.8, 4) is 12.3 Å². The van der Waals surface area contributed by atoms with E-state index in [0.29, 0.717) is 0 Å². The normalized spacial score (nSPS) is 11.5. The van der Waals surface area contributed by atoms with Gasteiger partial charge >= 0.3 is 0 Å². The molecule has 0 aromatic carbocycles. The van der Waals surface area contributed by atoms with Gasteiger partial charge in [0.15, 0.2) is 0 Å². The fourth-order valence-corrected chi connectivity index (χ4v) is 0.144. The molecule has 0 aromatic heterocycles. The molecule has 0 nitrogen and oxygen atoms in total. The third-order valence-electron chi connectivity index (χ3n) is 1.61. The van der Waals surface area contributed by atoms with E-state index in [-0.39, 0.29) is 5.41 Å². The average molecular weight is 109 g/mol. The van der Waals surface area contributed by atoms with Crippen LogP contribution in [0.4, 0.5) is 0 Å². The zero-order valence-electron chi connectivity index (χ0n) is 6.08. The van der Waals surface area contributed by atoms with Crippen molar-refractivity contribution >= 4 is 0 Å². The molecule has 8 heavy (non-hydrogen) atoms. The van der Waals surface area contributed by atoms with Gasteiger partial charge in [0.2, 0.25) is 0 Å². The molecule has 1 radical (unpaired) electrons. The predicted octanol–water partition coefficient (Wildman–Crippen LogP) is 2.26. The summed E-state index contributed by atoms with van der Waals surface area (Å²) >= 11 is 0. The second kappa shape index (κ2) is 2.22. The second-order valence-corrected chi connectivity index (χ2v) is 2.77. The van der Waals surface area contributed by atoms with Gasteiger partial charge in [-0.15, -0.1) is 6.42 Å². The maximum absolute atomic E-state index is 5.24. The zero-order valence-corrected chi connectivity index (χ0v) is 6.08. The van der Waals surface area contributed by atoms with Crippen molar-refractivity contribution in [3.05, 3.63) is 5.92 Å². The lowest BCUT2D eigenvalue weighted by Crippen LogP contribution is -2.13. The first kappa shape index (κ1) is 7.56. The third kappa shape index (κ3) is 1.58. The Morgan fingerprint density at radius 3 is 1.75 bits per heavy atom. The minimum absolute atomic E-state index is 0.0139. The van der Waals surface area contributed by atoms with Crippen molar-refractivity contribution in [3.63, 3.8) is 0 Å². The monoisotopic (exact) mass is 109 g/mol. The molecular weight excluding hydrogens is 96.1 g/mol. The molecule has 0 aromatic rings. The Hall–Kier alpha value is -0.440. The Balaban J connectivity index is 3.97. The molecular formula is C8H13. The number of terminal acetylenes is 1. The molecule has 0 unspecified atom stereocenters. The van der Waals surface area contributed by atoms with E-state index < -0.39 is 0 Å². The van der Waals surface area contributed by atoms with Gasteiger partial charge in [-0.2, -0.15) is 0 Å². The van der Waals surface area contributed by atoms with Crippen LogP contribution in [0.25, 0.3) is 0 Å². The van der Waals surface area contributed by atoms with Gasteiger partial charge in [0.25, 0.3) is 0 Å². The van der Waals surface area contributed by atoms with Gasteiger partial charge in [-0.1, -0.05) is 19.8 Å². The van der Waals surface area contributed by atoms with Crippen molar-refractivity contribution in [2.45, 2.75) is 27.7 Å². The molecule has 0 N–H and O–H groups in total. The summed E-state index contributed by atoms with van der Waals surface area (Å²) in [5.74, 6) is 4.00. The largest absolute Gasteiger partial charge is 0.120 e. The van der Waals surface area contributed by atoms with Crippen LogP contribution in [0, 0.1) is 23.7 Å². The SMILES string of the molecule is C#CC(C)(C)[C](C)C. The van der Waals surface area contributed by atoms with Gasteiger partial charge in [0, 0.05) is 5.41 Å². The highest BCUT2D eigenvalue weighted by Gasteiger charge is 2.18. The summed E-state index contributed by atoms with van der Waals surface area (Å²) in [6.07, 6.45) is 5.24. The lowest BCUT2D eigenvalue weighted by atomic mass is 9.82. The van der Waals surface area contributed by atoms with Gasteiger partial charge < -0.3 is 0 Å². The second-order valence-electron chi connectivity index (χ2n) is 2.77. The first-order valence-electron chi connectivity index (χ1n) is 2.79. The summed E-state index contributed by atoms with van der Waals surface area (Å²) in [6, 6.07) is 0. The van der Waals surface area contributed by atoms with Crippen molar-refractivity contribution < 1.29 is 0 Å². The fraction of sp³-hybridized carbons (Fsp3) is 0.625. The maximum Gasteiger partial charge on any atom is 0.0312 e. The van der Waals surface area contributed by atoms with E-state index in [9.17, 15) is 0 Å². The van der Waals surface area contributed by atoms with E-state index in [1.807, 2.05) is 13.8 Å². The highest BCUT2D eigenvalue weighted by molar-refractivity contribution is 5.13. The lowest BCUT2D eigenvalue weighted by Gasteiger charge is -2.20. The summed E-state index contributed by atoms with van der Waals surface area (Å²) in [6.45, 7) is 8.20. The molecule has 0 amide bonds. The van der Waals surface area contributed by atoms with E-state index >= 15 is 0 Å². The summed E-state index contributed by atoms with van der Waals surface area (Å²) in [7, 11) is 0. The van der Waals surface area contributed by atoms with E-state index in [0.717, 1.165) is 0 Å². The minimum atomic E-state index is -0.0139. The molecule has 0 heteroatoms. The number of rotatable bonds is 1. The van der Waals surface area contributed by atoms with Crippen molar-refractivity contribution in [2.75, 3.05) is 0 Å². The van der Waals surface area contributed by atoms with Crippen LogP contribution in [0.1, 0.15) is 27.7 Å². The molecule has 0 fully saturated rings. The van der Waals surface area contributed by atoms with Gasteiger partial charge in [-0.25, -0.2) is 0 Å². The predicted molar refractivity (Wildman–Crippen MR) is 37.2 cm³/mol. The maximum atomic E-state index is 5.24. The van der Waals surface area contributed by atoms with Crippen molar-refractivity contribution in [1.29, 1.82) is 0 Å². The first-order chi connectivity index (χ1) is 3.50. The zero-order chi connectivity index (χ0) is 6.78. The van der Waals surface area contributed by atoms with Crippen LogP contribution in [-0.2, 0) is 0 Å². The highest BCUT2D eigenvalue weighted by Crippen LogP contribution is 2.25. The van der Waals surface area contributed by atoms with Crippen LogP contribution >= 0.6 is 0 Å². The molecule has 0 aliphatic rings. The molecule has 0 aliphatic heterocycles. The Labute approximate surface area is 52.3 Å². The summed E-state index contributed by atoms with van der Waals surface area (Å²) < 4.78 is 0. The van der Waals surface area contributed by atoms with Crippen LogP contribution in [0.3, 0.4) is 0 Å². The fourth-order valence-electron chi connectivity index (χ4n) is 0.144. The highest BCUT2D eigenvalue weighted by atomic mass is 14.2. The summed E-state index contributed by atoms with van der Waals surface area (Å²) in [5.41, 5.74) is -0.0139. The smallest absolute Gasteiger partial charge is 0.0312 e. The molecule has 0 aliphatic carbocycles. The van der Waals surface area contributed by atoms with Gasteiger partial charge in [0.05, 0.1) is 0 Å². The van der Waals surface area contributed by atoms with Gasteiger partial charge in [0.1, 0.15) is 0 Å². The van der Waals surface area contributed by atoms with Crippen LogP contribution in [0.5, 0.6) is 0 Å². The Morgan fingerprint density at radius 1 is 1.38 bits per heavy atom. The van der Waals surface area contributed by atoms with Crippen LogP contribution in [0.2, 0.25) is 0 Å². The first-order valence-corrected chi connectivity index (χ1v) is 2.79. The van der Waals surface area contributed by atoms with Gasteiger partial charge in [-0.05, 0) is 19.8 Å². The lowest BCUT2D eigenvalue weighted by molar-refractivity contribution is 0.528. The van der Waals surface area contributed by atoms with Crippen LogP contribution in [-0.4, -0.2) is 0 Å².